The van der Waals surface area contributed by atoms with Gasteiger partial charge in [-0.25, -0.2) is 13.8 Å². The van der Waals surface area contributed by atoms with Gasteiger partial charge in [0.1, 0.15) is 12.4 Å². The fourth-order valence-corrected chi connectivity index (χ4v) is 5.12. The van der Waals surface area contributed by atoms with Crippen LogP contribution in [0, 0.1) is 11.3 Å². The van der Waals surface area contributed by atoms with Crippen molar-refractivity contribution < 1.29 is 31.5 Å². The number of anilines is 2. The van der Waals surface area contributed by atoms with Crippen LogP contribution in [0.15, 0.2) is 36.5 Å². The number of hydrogen-bond donors (Lipinski definition) is 1. The van der Waals surface area contributed by atoms with Gasteiger partial charge in [0.05, 0.1) is 23.3 Å². The molecule has 2 heterocycles. The van der Waals surface area contributed by atoms with Gasteiger partial charge in [-0.2, -0.15) is 18.4 Å². The van der Waals surface area contributed by atoms with Crippen LogP contribution in [0.1, 0.15) is 55.7 Å². The van der Waals surface area contributed by atoms with Gasteiger partial charge in [0, 0.05) is 56.6 Å². The predicted molar refractivity (Wildman–Crippen MR) is 139 cm³/mol. The number of amides is 1. The molecule has 1 aliphatic heterocycles. The summed E-state index contributed by atoms with van der Waals surface area (Å²) < 4.78 is 72.1. The van der Waals surface area contributed by atoms with Crippen molar-refractivity contribution in [1.82, 2.24) is 9.88 Å². The minimum atomic E-state index is -4.44. The zero-order valence-corrected chi connectivity index (χ0v) is 22.2. The van der Waals surface area contributed by atoms with Crippen LogP contribution >= 0.6 is 0 Å². The van der Waals surface area contributed by atoms with Gasteiger partial charge >= 0.3 is 6.18 Å². The first kappa shape index (κ1) is 29.5. The standard InChI is InChI=1S/C28H32F5N5O2/c1-27(29,30)24-15-22(5-3-19(24)16-34)36-21-6-8-23(9-7-21)40-18-26(39)38-12-2-11-37(13-14-38)25-10-4-20(17-35-25)28(31,32)33/h3-5,10,15,17,21,23,36H,2,6-9,11-14,18H2,1H3. The number of carbonyl (C=O) groups excluding carboxylic acids is 1. The lowest BCUT2D eigenvalue weighted by atomic mass is 9.92. The molecule has 0 unspecified atom stereocenters. The molecule has 4 rings (SSSR count). The van der Waals surface area contributed by atoms with Gasteiger partial charge < -0.3 is 19.9 Å². The van der Waals surface area contributed by atoms with Crippen molar-refractivity contribution in [1.29, 1.82) is 5.26 Å². The van der Waals surface area contributed by atoms with Gasteiger partial charge in [-0.3, -0.25) is 4.79 Å². The lowest BCUT2D eigenvalue weighted by Gasteiger charge is -2.30. The Kier molecular flexibility index (Phi) is 9.13. The Morgan fingerprint density at radius 2 is 1.82 bits per heavy atom. The molecule has 1 N–H and O–H groups in total. The average molecular weight is 566 g/mol. The Morgan fingerprint density at radius 3 is 2.45 bits per heavy atom. The average Bonchev–Trinajstić information content (AvgIpc) is 3.18. The van der Waals surface area contributed by atoms with Crippen molar-refractivity contribution >= 4 is 17.4 Å². The zero-order chi connectivity index (χ0) is 28.9. The van der Waals surface area contributed by atoms with E-state index in [1.807, 2.05) is 11.0 Å². The summed E-state index contributed by atoms with van der Waals surface area (Å²) in [7, 11) is 0. The third kappa shape index (κ3) is 7.59. The fourth-order valence-electron chi connectivity index (χ4n) is 5.12. The highest BCUT2D eigenvalue weighted by Gasteiger charge is 2.31. The second-order valence-corrected chi connectivity index (χ2v) is 10.3. The molecule has 1 amide bonds. The molecule has 1 saturated carbocycles. The van der Waals surface area contributed by atoms with Crippen molar-refractivity contribution in [2.45, 2.75) is 63.3 Å². The number of aromatic nitrogens is 1. The second-order valence-electron chi connectivity index (χ2n) is 10.3. The molecule has 0 radical (unpaired) electrons. The van der Waals surface area contributed by atoms with Crippen LogP contribution in [-0.2, 0) is 21.6 Å². The van der Waals surface area contributed by atoms with Crippen LogP contribution in [0.4, 0.5) is 33.5 Å². The van der Waals surface area contributed by atoms with E-state index < -0.39 is 17.7 Å². The maximum absolute atomic E-state index is 13.9. The minimum absolute atomic E-state index is 0.0480. The third-order valence-electron chi connectivity index (χ3n) is 7.35. The lowest BCUT2D eigenvalue weighted by molar-refractivity contribution is -0.139. The van der Waals surface area contributed by atoms with Crippen LogP contribution in [-0.4, -0.2) is 60.7 Å². The van der Waals surface area contributed by atoms with Crippen LogP contribution in [0.3, 0.4) is 0 Å². The number of nitrogens with zero attached hydrogens (tertiary/aromatic N) is 4. The Hall–Kier alpha value is -3.46. The van der Waals surface area contributed by atoms with E-state index in [0.29, 0.717) is 56.9 Å². The summed E-state index contributed by atoms with van der Waals surface area (Å²) in [5, 5.41) is 12.4. The van der Waals surface area contributed by atoms with Gasteiger partial charge in [-0.1, -0.05) is 0 Å². The summed E-state index contributed by atoms with van der Waals surface area (Å²) in [6.45, 7) is 2.71. The molecule has 1 aliphatic carbocycles. The Balaban J connectivity index is 1.21. The van der Waals surface area contributed by atoms with E-state index >= 15 is 0 Å². The van der Waals surface area contributed by atoms with E-state index in [-0.39, 0.29) is 35.8 Å². The van der Waals surface area contributed by atoms with Gasteiger partial charge in [-0.15, -0.1) is 0 Å². The van der Waals surface area contributed by atoms with Gasteiger partial charge in [0.15, 0.2) is 0 Å². The summed E-state index contributed by atoms with van der Waals surface area (Å²) in [4.78, 5) is 20.4. The normalized spacial score (nSPS) is 20.5. The monoisotopic (exact) mass is 565 g/mol. The Morgan fingerprint density at radius 1 is 1.07 bits per heavy atom. The van der Waals surface area contributed by atoms with Crippen molar-refractivity contribution in [3.8, 4) is 6.07 Å². The number of ether oxygens (including phenoxy) is 1. The number of pyridine rings is 1. The van der Waals surface area contributed by atoms with Crippen molar-refractivity contribution in [2.75, 3.05) is 43.0 Å². The number of hydrogen-bond acceptors (Lipinski definition) is 6. The molecule has 40 heavy (non-hydrogen) atoms. The quantitative estimate of drug-likeness (QED) is 0.443. The molecule has 1 aromatic carbocycles. The Bertz CT molecular complexity index is 1200. The number of carbonyl (C=O) groups is 1. The van der Waals surface area contributed by atoms with Crippen molar-refractivity contribution in [3.63, 3.8) is 0 Å². The van der Waals surface area contributed by atoms with Gasteiger partial charge in [0.2, 0.25) is 5.91 Å². The molecular weight excluding hydrogens is 533 g/mol. The number of rotatable bonds is 7. The fraction of sp³-hybridized carbons (Fsp3) is 0.536. The zero-order valence-electron chi connectivity index (χ0n) is 22.2. The first-order valence-electron chi connectivity index (χ1n) is 13.3. The second kappa shape index (κ2) is 12.4. The van der Waals surface area contributed by atoms with Crippen LogP contribution in [0.2, 0.25) is 0 Å². The minimum Gasteiger partial charge on any atom is -0.382 e. The van der Waals surface area contributed by atoms with Gasteiger partial charge in [-0.05, 0) is 62.4 Å². The smallest absolute Gasteiger partial charge is 0.382 e. The summed E-state index contributed by atoms with van der Waals surface area (Å²) in [5.74, 6) is -2.80. The molecular formula is C28H32F5N5O2. The molecule has 0 spiro atoms. The third-order valence-corrected chi connectivity index (χ3v) is 7.35. The molecule has 216 valence electrons. The van der Waals surface area contributed by atoms with Crippen LogP contribution < -0.4 is 10.2 Å². The molecule has 12 heteroatoms. The highest BCUT2D eigenvalue weighted by Crippen LogP contribution is 2.33. The molecule has 0 atom stereocenters. The molecule has 2 aromatic rings. The van der Waals surface area contributed by atoms with Crippen LogP contribution in [0.25, 0.3) is 0 Å². The molecule has 2 fully saturated rings. The number of alkyl halides is 5. The molecule has 1 aromatic heterocycles. The molecule has 0 bridgehead atoms. The number of halogens is 5. The number of nitriles is 1. The topological polar surface area (TPSA) is 81.5 Å². The predicted octanol–water partition coefficient (Wildman–Crippen LogP) is 5.56. The molecule has 1 saturated heterocycles. The lowest BCUT2D eigenvalue weighted by Crippen LogP contribution is -2.39. The maximum Gasteiger partial charge on any atom is 0.417 e. The van der Waals surface area contributed by atoms with Crippen molar-refractivity contribution in [2.24, 2.45) is 0 Å². The first-order valence-corrected chi connectivity index (χ1v) is 13.3. The van der Waals surface area contributed by atoms with Crippen molar-refractivity contribution in [3.05, 3.63) is 53.2 Å². The summed E-state index contributed by atoms with van der Waals surface area (Å²) in [6, 6.07) is 8.61. The summed E-state index contributed by atoms with van der Waals surface area (Å²) >= 11 is 0. The Labute approximate surface area is 229 Å². The highest BCUT2D eigenvalue weighted by molar-refractivity contribution is 5.77. The van der Waals surface area contributed by atoms with E-state index in [9.17, 15) is 26.7 Å². The highest BCUT2D eigenvalue weighted by atomic mass is 19.4. The number of nitrogens with one attached hydrogen (secondary N) is 1. The van der Waals surface area contributed by atoms with E-state index in [1.165, 1.54) is 18.2 Å². The summed E-state index contributed by atoms with van der Waals surface area (Å²) in [6.07, 6.45) is -0.119. The van der Waals surface area contributed by atoms with E-state index in [4.69, 9.17) is 10.00 Å². The first-order chi connectivity index (χ1) is 18.9. The SMILES string of the molecule is CC(F)(F)c1cc(NC2CCC(OCC(=O)N3CCCN(c4ccc(C(F)(F)F)cn4)CC3)CC2)ccc1C#N. The van der Waals surface area contributed by atoms with Crippen LogP contribution in [0.5, 0.6) is 0 Å². The molecule has 7 nitrogen and oxygen atoms in total. The van der Waals surface area contributed by atoms with E-state index in [1.54, 1.807) is 11.0 Å². The largest absolute Gasteiger partial charge is 0.417 e. The van der Waals surface area contributed by atoms with Gasteiger partial charge in [0.25, 0.3) is 5.92 Å². The van der Waals surface area contributed by atoms with E-state index in [0.717, 1.165) is 32.0 Å². The van der Waals surface area contributed by atoms with E-state index in [2.05, 4.69) is 10.3 Å². The number of benzene rings is 1. The molecule has 2 aliphatic rings. The maximum atomic E-state index is 13.9. The summed E-state index contributed by atoms with van der Waals surface area (Å²) in [5.41, 5.74) is -0.609.